The van der Waals surface area contributed by atoms with Crippen LogP contribution in [0.3, 0.4) is 0 Å². The van der Waals surface area contributed by atoms with Crippen LogP contribution in [0.25, 0.3) is 0 Å². The van der Waals surface area contributed by atoms with Crippen molar-refractivity contribution in [2.45, 2.75) is 68.5 Å². The molecular formula is C28H38ClF3N4O4S2. The lowest BCUT2D eigenvalue weighted by molar-refractivity contribution is -0.139. The quantitative estimate of drug-likeness (QED) is 0.392. The maximum atomic E-state index is 13.5. The number of halogens is 4. The van der Waals surface area contributed by atoms with Crippen LogP contribution in [0.15, 0.2) is 53.7 Å². The molecule has 14 heteroatoms. The van der Waals surface area contributed by atoms with Crippen LogP contribution >= 0.6 is 12.4 Å². The molecule has 0 bridgehead atoms. The highest BCUT2D eigenvalue weighted by molar-refractivity contribution is 7.89. The molecule has 1 spiro atoms. The van der Waals surface area contributed by atoms with E-state index in [1.807, 2.05) is 12.1 Å². The molecule has 5 rings (SSSR count). The maximum absolute atomic E-state index is 13.5. The Kier molecular flexibility index (Phi) is 10.2. The zero-order valence-corrected chi connectivity index (χ0v) is 25.8. The second kappa shape index (κ2) is 13.0. The summed E-state index contributed by atoms with van der Waals surface area (Å²) >= 11 is 0. The van der Waals surface area contributed by atoms with E-state index in [0.717, 1.165) is 60.9 Å². The van der Waals surface area contributed by atoms with Gasteiger partial charge in [-0.25, -0.2) is 21.1 Å². The lowest BCUT2D eigenvalue weighted by atomic mass is 9.71. The van der Waals surface area contributed by atoms with Gasteiger partial charge in [-0.15, -0.1) is 12.4 Å². The molecule has 0 saturated carbocycles. The summed E-state index contributed by atoms with van der Waals surface area (Å²) in [5.74, 6) is -0.0979. The van der Waals surface area contributed by atoms with Gasteiger partial charge in [-0.05, 0) is 81.0 Å². The Bertz CT molecular complexity index is 1410. The van der Waals surface area contributed by atoms with Crippen molar-refractivity contribution >= 4 is 38.1 Å². The van der Waals surface area contributed by atoms with E-state index in [0.29, 0.717) is 25.9 Å². The van der Waals surface area contributed by atoms with Crippen molar-refractivity contribution in [1.29, 1.82) is 0 Å². The van der Waals surface area contributed by atoms with E-state index in [2.05, 4.69) is 9.88 Å². The van der Waals surface area contributed by atoms with Gasteiger partial charge in [-0.3, -0.25) is 4.98 Å². The summed E-state index contributed by atoms with van der Waals surface area (Å²) in [6.45, 7) is 2.96. The molecule has 1 atom stereocenters. The third-order valence-electron chi connectivity index (χ3n) is 9.07. The van der Waals surface area contributed by atoms with E-state index in [1.165, 1.54) is 12.1 Å². The Labute approximate surface area is 252 Å². The Morgan fingerprint density at radius 3 is 2.14 bits per heavy atom. The highest BCUT2D eigenvalue weighted by atomic mass is 35.5. The van der Waals surface area contributed by atoms with Crippen molar-refractivity contribution in [2.24, 2.45) is 5.41 Å². The first-order chi connectivity index (χ1) is 19.4. The SMILES string of the molecule is Cl.O=S(=O)(CCC[C@@H]1CCCN1S(=O)(=O)c1ccccc1C(F)(F)F)N1CCC2(CCN(c3ccncc3)CC2)CC1. The molecule has 1 aromatic carbocycles. The number of anilines is 1. The monoisotopic (exact) mass is 650 g/mol. The van der Waals surface area contributed by atoms with Crippen molar-refractivity contribution in [3.05, 3.63) is 54.4 Å². The van der Waals surface area contributed by atoms with Crippen molar-refractivity contribution < 1.29 is 30.0 Å². The minimum atomic E-state index is -4.80. The number of alkyl halides is 3. The van der Waals surface area contributed by atoms with Gasteiger partial charge in [0, 0.05) is 56.8 Å². The maximum Gasteiger partial charge on any atom is 0.417 e. The minimum Gasteiger partial charge on any atom is -0.371 e. The molecule has 0 N–H and O–H groups in total. The summed E-state index contributed by atoms with van der Waals surface area (Å²) in [4.78, 5) is 5.68. The molecule has 2 aromatic rings. The first kappa shape index (κ1) is 33.0. The fourth-order valence-electron chi connectivity index (χ4n) is 6.63. The second-order valence-electron chi connectivity index (χ2n) is 11.5. The van der Waals surface area contributed by atoms with Gasteiger partial charge in [0.1, 0.15) is 0 Å². The molecule has 3 aliphatic heterocycles. The summed E-state index contributed by atoms with van der Waals surface area (Å²) in [5.41, 5.74) is 0.133. The van der Waals surface area contributed by atoms with Gasteiger partial charge in [-0.1, -0.05) is 12.1 Å². The number of pyridine rings is 1. The Balaban J connectivity index is 0.00000405. The summed E-state index contributed by atoms with van der Waals surface area (Å²) in [7, 11) is -7.89. The van der Waals surface area contributed by atoms with Crippen LogP contribution in [0, 0.1) is 5.41 Å². The van der Waals surface area contributed by atoms with Crippen LogP contribution < -0.4 is 4.90 Å². The number of hydrogen-bond acceptors (Lipinski definition) is 6. The third-order valence-corrected chi connectivity index (χ3v) is 13.0. The van der Waals surface area contributed by atoms with Gasteiger partial charge >= 0.3 is 6.18 Å². The first-order valence-corrected chi connectivity index (χ1v) is 17.3. The number of benzene rings is 1. The number of hydrogen-bond donors (Lipinski definition) is 0. The summed E-state index contributed by atoms with van der Waals surface area (Å²) in [6, 6.07) is 7.71. The van der Waals surface area contributed by atoms with Gasteiger partial charge in [-0.2, -0.15) is 17.5 Å². The van der Waals surface area contributed by atoms with Gasteiger partial charge in [0.2, 0.25) is 20.0 Å². The van der Waals surface area contributed by atoms with E-state index in [1.54, 1.807) is 16.7 Å². The molecular weight excluding hydrogens is 613 g/mol. The number of nitrogens with zero attached hydrogens (tertiary/aromatic N) is 4. The first-order valence-electron chi connectivity index (χ1n) is 14.2. The van der Waals surface area contributed by atoms with Gasteiger partial charge in [0.05, 0.1) is 16.2 Å². The topological polar surface area (TPSA) is 90.9 Å². The summed E-state index contributed by atoms with van der Waals surface area (Å²) in [5, 5.41) is 0. The third kappa shape index (κ3) is 7.06. The predicted molar refractivity (Wildman–Crippen MR) is 158 cm³/mol. The normalized spacial score (nSPS) is 22.3. The number of rotatable bonds is 8. The van der Waals surface area contributed by atoms with Crippen LogP contribution in [-0.4, -0.2) is 74.9 Å². The molecule has 0 unspecified atom stereocenters. The lowest BCUT2D eigenvalue weighted by Gasteiger charge is -2.47. The van der Waals surface area contributed by atoms with Crippen LogP contribution in [0.5, 0.6) is 0 Å². The Hall–Kier alpha value is -1.93. The standard InChI is InChI=1S/C28H37F3N4O4S2.ClH/c29-28(30,31)25-7-1-2-8-26(25)41(38,39)35-17-3-5-24(35)6-4-22-40(36,37)34-20-13-27(14-21-34)11-18-33(19-12-27)23-9-15-32-16-10-23;/h1-2,7-10,15-16,24H,3-6,11-14,17-22H2;1H/t24-;/m0./s1. The van der Waals surface area contributed by atoms with E-state index in [-0.39, 0.29) is 43.0 Å². The average molecular weight is 651 g/mol. The number of sulfonamides is 2. The van der Waals surface area contributed by atoms with Crippen molar-refractivity contribution in [2.75, 3.05) is 43.4 Å². The molecule has 0 radical (unpaired) electrons. The fraction of sp³-hybridized carbons (Fsp3) is 0.607. The highest BCUT2D eigenvalue weighted by Crippen LogP contribution is 2.43. The Morgan fingerprint density at radius 1 is 0.881 bits per heavy atom. The smallest absolute Gasteiger partial charge is 0.371 e. The molecule has 3 aliphatic rings. The Morgan fingerprint density at radius 2 is 1.50 bits per heavy atom. The largest absolute Gasteiger partial charge is 0.417 e. The molecule has 234 valence electrons. The zero-order chi connectivity index (χ0) is 29.3. The highest BCUT2D eigenvalue weighted by Gasteiger charge is 2.43. The van der Waals surface area contributed by atoms with E-state index < -0.39 is 42.7 Å². The van der Waals surface area contributed by atoms with Crippen molar-refractivity contribution in [3.8, 4) is 0 Å². The second-order valence-corrected chi connectivity index (χ2v) is 15.4. The minimum absolute atomic E-state index is 0. The van der Waals surface area contributed by atoms with Crippen LogP contribution in [0.1, 0.15) is 56.9 Å². The van der Waals surface area contributed by atoms with Gasteiger partial charge < -0.3 is 4.90 Å². The fourth-order valence-corrected chi connectivity index (χ4v) is 10.1. The molecule has 1 aromatic heterocycles. The molecule has 3 fully saturated rings. The number of aromatic nitrogens is 1. The molecule has 0 amide bonds. The molecule has 3 saturated heterocycles. The summed E-state index contributed by atoms with van der Waals surface area (Å²) < 4.78 is 96.1. The molecule has 42 heavy (non-hydrogen) atoms. The predicted octanol–water partition coefficient (Wildman–Crippen LogP) is 5.17. The van der Waals surface area contributed by atoms with Crippen LogP contribution in [0.2, 0.25) is 0 Å². The lowest BCUT2D eigenvalue weighted by Crippen LogP contribution is -2.48. The van der Waals surface area contributed by atoms with E-state index in [4.69, 9.17) is 0 Å². The van der Waals surface area contributed by atoms with Crippen molar-refractivity contribution in [1.82, 2.24) is 13.6 Å². The van der Waals surface area contributed by atoms with E-state index in [9.17, 15) is 30.0 Å². The van der Waals surface area contributed by atoms with Crippen molar-refractivity contribution in [3.63, 3.8) is 0 Å². The van der Waals surface area contributed by atoms with Gasteiger partial charge in [0.25, 0.3) is 0 Å². The van der Waals surface area contributed by atoms with E-state index >= 15 is 0 Å². The zero-order valence-electron chi connectivity index (χ0n) is 23.4. The van der Waals surface area contributed by atoms with Crippen LogP contribution in [0.4, 0.5) is 18.9 Å². The average Bonchev–Trinajstić information content (AvgIpc) is 3.43. The molecule has 4 heterocycles. The molecule has 8 nitrogen and oxygen atoms in total. The molecule has 0 aliphatic carbocycles. The van der Waals surface area contributed by atoms with Gasteiger partial charge in [0.15, 0.2) is 0 Å². The number of piperidine rings is 2. The summed E-state index contributed by atoms with van der Waals surface area (Å²) in [6.07, 6.45) is 4.03. The van der Waals surface area contributed by atoms with Crippen LogP contribution in [-0.2, 0) is 26.2 Å².